The third kappa shape index (κ3) is 3.98. The van der Waals surface area contributed by atoms with Gasteiger partial charge in [0.2, 0.25) is 5.91 Å². The summed E-state index contributed by atoms with van der Waals surface area (Å²) in [6, 6.07) is 14.0. The van der Waals surface area contributed by atoms with Crippen molar-refractivity contribution >= 4 is 27.5 Å². The van der Waals surface area contributed by atoms with Crippen LogP contribution >= 0.6 is 15.9 Å². The Hall–Kier alpha value is -2.14. The lowest BCUT2D eigenvalue weighted by Gasteiger charge is -2.21. The Labute approximate surface area is 163 Å². The molecular weight excluding hydrogens is 390 g/mol. The maximum Gasteiger partial charge on any atom is 0.228 e. The minimum absolute atomic E-state index is 0.160. The lowest BCUT2D eigenvalue weighted by atomic mass is 10.1. The van der Waals surface area contributed by atoms with Gasteiger partial charge in [0.1, 0.15) is 5.65 Å². The summed E-state index contributed by atoms with van der Waals surface area (Å²) >= 11 is 3.53. The van der Waals surface area contributed by atoms with Gasteiger partial charge in [-0.1, -0.05) is 44.2 Å². The summed E-state index contributed by atoms with van der Waals surface area (Å²) in [5, 5.41) is 0. The van der Waals surface area contributed by atoms with Crippen molar-refractivity contribution in [3.63, 3.8) is 0 Å². The van der Waals surface area contributed by atoms with E-state index in [0.29, 0.717) is 6.42 Å². The fourth-order valence-electron chi connectivity index (χ4n) is 3.22. The van der Waals surface area contributed by atoms with Crippen molar-refractivity contribution in [2.24, 2.45) is 0 Å². The highest BCUT2D eigenvalue weighted by molar-refractivity contribution is 9.10. The Bertz CT molecular complexity index is 883. The Morgan fingerprint density at radius 2 is 1.77 bits per heavy atom. The first-order valence-corrected chi connectivity index (χ1v) is 9.93. The third-order valence-corrected chi connectivity index (χ3v) is 4.86. The molecule has 0 N–H and O–H groups in total. The molecule has 3 rings (SSSR count). The molecule has 0 spiro atoms. The van der Waals surface area contributed by atoms with E-state index < -0.39 is 0 Å². The van der Waals surface area contributed by atoms with Gasteiger partial charge in [-0.15, -0.1) is 0 Å². The number of imidazole rings is 1. The molecule has 4 nitrogen and oxygen atoms in total. The highest BCUT2D eigenvalue weighted by atomic mass is 79.9. The van der Waals surface area contributed by atoms with Crippen LogP contribution in [0.15, 0.2) is 53.1 Å². The molecule has 2 aromatic heterocycles. The quantitative estimate of drug-likeness (QED) is 0.548. The van der Waals surface area contributed by atoms with Gasteiger partial charge in [0.15, 0.2) is 0 Å². The number of fused-ring (bicyclic) bond motifs is 1. The van der Waals surface area contributed by atoms with E-state index in [4.69, 9.17) is 4.98 Å². The van der Waals surface area contributed by atoms with Gasteiger partial charge in [0.05, 0.1) is 17.8 Å². The number of halogens is 1. The van der Waals surface area contributed by atoms with Gasteiger partial charge in [-0.05, 0) is 40.9 Å². The van der Waals surface area contributed by atoms with Crippen molar-refractivity contribution < 1.29 is 4.79 Å². The van der Waals surface area contributed by atoms with Gasteiger partial charge < -0.3 is 9.30 Å². The SMILES string of the molecule is CCCN(CCC)C(=O)Cc1c(-c2ccccc2)nc2ccc(Br)cn12. The maximum absolute atomic E-state index is 13.0. The first-order valence-electron chi connectivity index (χ1n) is 9.13. The van der Waals surface area contributed by atoms with Gasteiger partial charge in [-0.2, -0.15) is 0 Å². The van der Waals surface area contributed by atoms with Gasteiger partial charge in [0, 0.05) is 29.3 Å². The van der Waals surface area contributed by atoms with Crippen LogP contribution in [0.3, 0.4) is 0 Å². The number of carbonyl (C=O) groups excluding carboxylic acids is 1. The van der Waals surface area contributed by atoms with Crippen molar-refractivity contribution in [3.05, 3.63) is 58.8 Å². The smallest absolute Gasteiger partial charge is 0.228 e. The molecule has 0 fully saturated rings. The topological polar surface area (TPSA) is 37.6 Å². The van der Waals surface area contributed by atoms with Crippen LogP contribution in [0.2, 0.25) is 0 Å². The second kappa shape index (κ2) is 8.49. The minimum atomic E-state index is 0.160. The molecule has 0 unspecified atom stereocenters. The van der Waals surface area contributed by atoms with E-state index >= 15 is 0 Å². The van der Waals surface area contributed by atoms with E-state index in [1.54, 1.807) is 0 Å². The van der Waals surface area contributed by atoms with Crippen molar-refractivity contribution in [2.45, 2.75) is 33.1 Å². The number of hydrogen-bond acceptors (Lipinski definition) is 2. The van der Waals surface area contributed by atoms with E-state index in [1.165, 1.54) is 0 Å². The van der Waals surface area contributed by atoms with Crippen LogP contribution < -0.4 is 0 Å². The van der Waals surface area contributed by atoms with E-state index in [1.807, 2.05) is 58.0 Å². The average Bonchev–Trinajstić information content (AvgIpc) is 3.00. The second-order valence-corrected chi connectivity index (χ2v) is 7.32. The van der Waals surface area contributed by atoms with Gasteiger partial charge in [0.25, 0.3) is 0 Å². The molecule has 0 aliphatic heterocycles. The molecule has 0 saturated carbocycles. The van der Waals surface area contributed by atoms with Crippen molar-refractivity contribution in [3.8, 4) is 11.3 Å². The number of benzene rings is 1. The largest absolute Gasteiger partial charge is 0.342 e. The molecule has 0 bridgehead atoms. The van der Waals surface area contributed by atoms with Crippen LogP contribution in [0.5, 0.6) is 0 Å². The lowest BCUT2D eigenvalue weighted by Crippen LogP contribution is -2.34. The monoisotopic (exact) mass is 413 g/mol. The van der Waals surface area contributed by atoms with Crippen LogP contribution in [0.1, 0.15) is 32.4 Å². The molecule has 0 saturated heterocycles. The number of carbonyl (C=O) groups is 1. The number of amides is 1. The molecular formula is C21H24BrN3O. The second-order valence-electron chi connectivity index (χ2n) is 6.41. The van der Waals surface area contributed by atoms with Gasteiger partial charge >= 0.3 is 0 Å². The first-order chi connectivity index (χ1) is 12.6. The molecule has 0 atom stereocenters. The molecule has 0 aliphatic rings. The van der Waals surface area contributed by atoms with Crippen LogP contribution in [0.4, 0.5) is 0 Å². The minimum Gasteiger partial charge on any atom is -0.342 e. The predicted octanol–water partition coefficient (Wildman–Crippen LogP) is 4.95. The molecule has 0 radical (unpaired) electrons. The Balaban J connectivity index is 2.05. The van der Waals surface area contributed by atoms with Crippen LogP contribution in [-0.2, 0) is 11.2 Å². The first kappa shape index (κ1) is 18.6. The summed E-state index contributed by atoms with van der Waals surface area (Å²) in [4.78, 5) is 19.7. The van der Waals surface area contributed by atoms with Crippen LogP contribution in [0, 0.1) is 0 Å². The molecule has 1 amide bonds. The van der Waals surface area contributed by atoms with E-state index in [0.717, 1.165) is 53.0 Å². The zero-order chi connectivity index (χ0) is 18.5. The van der Waals surface area contributed by atoms with Crippen molar-refractivity contribution in [1.82, 2.24) is 14.3 Å². The summed E-state index contributed by atoms with van der Waals surface area (Å²) < 4.78 is 3.00. The Morgan fingerprint density at radius 1 is 1.08 bits per heavy atom. The molecule has 2 heterocycles. The zero-order valence-electron chi connectivity index (χ0n) is 15.3. The lowest BCUT2D eigenvalue weighted by molar-refractivity contribution is -0.130. The summed E-state index contributed by atoms with van der Waals surface area (Å²) in [5.41, 5.74) is 3.71. The highest BCUT2D eigenvalue weighted by Gasteiger charge is 2.20. The zero-order valence-corrected chi connectivity index (χ0v) is 16.9. The predicted molar refractivity (Wildman–Crippen MR) is 109 cm³/mol. The molecule has 1 aromatic carbocycles. The van der Waals surface area contributed by atoms with Gasteiger partial charge in [-0.25, -0.2) is 4.98 Å². The van der Waals surface area contributed by atoms with E-state index in [2.05, 4.69) is 29.8 Å². The Kier molecular flexibility index (Phi) is 6.09. The normalized spacial score (nSPS) is 11.0. The molecule has 0 aliphatic carbocycles. The van der Waals surface area contributed by atoms with Crippen LogP contribution in [0.25, 0.3) is 16.9 Å². The molecule has 136 valence electrons. The summed E-state index contributed by atoms with van der Waals surface area (Å²) in [6.45, 7) is 5.81. The van der Waals surface area contributed by atoms with Crippen LogP contribution in [-0.4, -0.2) is 33.3 Å². The molecule has 3 aromatic rings. The average molecular weight is 414 g/mol. The number of hydrogen-bond donors (Lipinski definition) is 0. The van der Waals surface area contributed by atoms with Crippen molar-refractivity contribution in [1.29, 1.82) is 0 Å². The maximum atomic E-state index is 13.0. The number of nitrogens with zero attached hydrogens (tertiary/aromatic N) is 3. The Morgan fingerprint density at radius 3 is 2.42 bits per heavy atom. The van der Waals surface area contributed by atoms with E-state index in [9.17, 15) is 4.79 Å². The summed E-state index contributed by atoms with van der Waals surface area (Å²) in [7, 11) is 0. The highest BCUT2D eigenvalue weighted by Crippen LogP contribution is 2.26. The van der Waals surface area contributed by atoms with Crippen molar-refractivity contribution in [2.75, 3.05) is 13.1 Å². The fourth-order valence-corrected chi connectivity index (χ4v) is 3.56. The van der Waals surface area contributed by atoms with E-state index in [-0.39, 0.29) is 5.91 Å². The number of pyridine rings is 1. The summed E-state index contributed by atoms with van der Waals surface area (Å²) in [6.07, 6.45) is 4.27. The number of aromatic nitrogens is 2. The van der Waals surface area contributed by atoms with Gasteiger partial charge in [-0.3, -0.25) is 4.79 Å². The number of rotatable bonds is 7. The molecule has 5 heteroatoms. The third-order valence-electron chi connectivity index (χ3n) is 4.39. The summed E-state index contributed by atoms with van der Waals surface area (Å²) in [5.74, 6) is 0.160. The molecule has 26 heavy (non-hydrogen) atoms. The fraction of sp³-hybridized carbons (Fsp3) is 0.333. The standard InChI is InChI=1S/C21H24BrN3O/c1-3-12-24(13-4-2)20(26)14-18-21(16-8-6-5-7-9-16)23-19-11-10-17(22)15-25(18)19/h5-11,15H,3-4,12-14H2,1-2H3.